The molecule has 2 N–H and O–H groups in total. The molecule has 0 aliphatic carbocycles. The summed E-state index contributed by atoms with van der Waals surface area (Å²) in [6.07, 6.45) is 2.10. The number of hydrazine groups is 1. The van der Waals surface area contributed by atoms with Crippen LogP contribution in [0.3, 0.4) is 0 Å². The van der Waals surface area contributed by atoms with E-state index in [4.69, 9.17) is 5.84 Å². The van der Waals surface area contributed by atoms with Gasteiger partial charge in [-0.1, -0.05) is 25.5 Å². The van der Waals surface area contributed by atoms with Gasteiger partial charge in [0.2, 0.25) is 0 Å². The first-order chi connectivity index (χ1) is 7.67. The van der Waals surface area contributed by atoms with Crippen molar-refractivity contribution in [1.82, 2.24) is 0 Å². The molecule has 88 valence electrons. The Balaban J connectivity index is 2.71. The molecule has 0 unspecified atom stereocenters. The van der Waals surface area contributed by atoms with Crippen LogP contribution in [0.1, 0.15) is 18.9 Å². The van der Waals surface area contributed by atoms with Gasteiger partial charge in [0, 0.05) is 0 Å². The number of benzene rings is 1. The minimum absolute atomic E-state index is 0.0616. The van der Waals surface area contributed by atoms with Gasteiger partial charge < -0.3 is 4.74 Å². The van der Waals surface area contributed by atoms with Gasteiger partial charge >= 0.3 is 5.97 Å². The van der Waals surface area contributed by atoms with Crippen molar-refractivity contribution in [3.05, 3.63) is 29.8 Å². The van der Waals surface area contributed by atoms with Crippen LogP contribution >= 0.6 is 0 Å². The Bertz CT molecular complexity index is 353. The third-order valence-electron chi connectivity index (χ3n) is 2.31. The molecule has 0 amide bonds. The van der Waals surface area contributed by atoms with E-state index in [1.807, 2.05) is 18.2 Å². The Morgan fingerprint density at radius 3 is 2.88 bits per heavy atom. The highest BCUT2D eigenvalue weighted by atomic mass is 16.5. The highest BCUT2D eigenvalue weighted by Crippen LogP contribution is 2.14. The number of hydrogen-bond donors (Lipinski definition) is 1. The van der Waals surface area contributed by atoms with Gasteiger partial charge in [-0.2, -0.15) is 0 Å². The van der Waals surface area contributed by atoms with Gasteiger partial charge in [-0.3, -0.25) is 9.80 Å². The standard InChI is InChI=1S/C12H18N2O2/c1-3-5-10-6-4-7-11(8-10)14(13)9-12(15)16-2/h4,6-8H,3,5,9,13H2,1-2H3. The molecular weight excluding hydrogens is 204 g/mol. The Morgan fingerprint density at radius 2 is 2.25 bits per heavy atom. The highest BCUT2D eigenvalue weighted by Gasteiger charge is 2.07. The van der Waals surface area contributed by atoms with Crippen LogP contribution in [0.2, 0.25) is 0 Å². The Hall–Kier alpha value is -1.55. The fourth-order valence-corrected chi connectivity index (χ4v) is 1.47. The predicted molar refractivity (Wildman–Crippen MR) is 64.0 cm³/mol. The lowest BCUT2D eigenvalue weighted by Crippen LogP contribution is -2.36. The molecule has 1 aromatic carbocycles. The molecule has 0 radical (unpaired) electrons. The number of methoxy groups -OCH3 is 1. The fraction of sp³-hybridized carbons (Fsp3) is 0.417. The highest BCUT2D eigenvalue weighted by molar-refractivity contribution is 5.75. The molecule has 0 atom stereocenters. The van der Waals surface area contributed by atoms with Crippen molar-refractivity contribution < 1.29 is 9.53 Å². The molecule has 0 heterocycles. The molecule has 1 aromatic rings. The topological polar surface area (TPSA) is 55.6 Å². The predicted octanol–water partition coefficient (Wildman–Crippen LogP) is 1.49. The number of nitrogens with zero attached hydrogens (tertiary/aromatic N) is 1. The van der Waals surface area contributed by atoms with Crippen LogP contribution < -0.4 is 10.9 Å². The van der Waals surface area contributed by atoms with E-state index in [0.717, 1.165) is 18.5 Å². The van der Waals surface area contributed by atoms with Crippen molar-refractivity contribution in [3.8, 4) is 0 Å². The zero-order valence-corrected chi connectivity index (χ0v) is 9.77. The lowest BCUT2D eigenvalue weighted by molar-refractivity contribution is -0.138. The third-order valence-corrected chi connectivity index (χ3v) is 2.31. The molecule has 16 heavy (non-hydrogen) atoms. The third kappa shape index (κ3) is 3.55. The van der Waals surface area contributed by atoms with Crippen molar-refractivity contribution in [3.63, 3.8) is 0 Å². The Morgan fingerprint density at radius 1 is 1.50 bits per heavy atom. The zero-order valence-electron chi connectivity index (χ0n) is 9.77. The number of nitrogens with two attached hydrogens (primary N) is 1. The van der Waals surface area contributed by atoms with E-state index in [1.54, 1.807) is 0 Å². The van der Waals surface area contributed by atoms with Gasteiger partial charge in [0.1, 0.15) is 6.54 Å². The lowest BCUT2D eigenvalue weighted by atomic mass is 10.1. The molecule has 0 aliphatic heterocycles. The van der Waals surface area contributed by atoms with Crippen molar-refractivity contribution in [2.45, 2.75) is 19.8 Å². The zero-order chi connectivity index (χ0) is 12.0. The maximum atomic E-state index is 11.1. The smallest absolute Gasteiger partial charge is 0.326 e. The number of anilines is 1. The van der Waals surface area contributed by atoms with Crippen LogP contribution in [0.5, 0.6) is 0 Å². The Kier molecular flexibility index (Phi) is 4.79. The molecule has 4 nitrogen and oxygen atoms in total. The minimum atomic E-state index is -0.344. The number of rotatable bonds is 5. The SMILES string of the molecule is CCCc1cccc(N(N)CC(=O)OC)c1. The van der Waals surface area contributed by atoms with Gasteiger partial charge in [-0.25, -0.2) is 5.84 Å². The second-order valence-electron chi connectivity index (χ2n) is 3.62. The first-order valence-electron chi connectivity index (χ1n) is 5.35. The van der Waals surface area contributed by atoms with Crippen LogP contribution in [-0.4, -0.2) is 19.6 Å². The molecule has 4 heteroatoms. The summed E-state index contributed by atoms with van der Waals surface area (Å²) in [6, 6.07) is 7.87. The van der Waals surface area contributed by atoms with E-state index in [-0.39, 0.29) is 12.5 Å². The molecule has 0 aromatic heterocycles. The summed E-state index contributed by atoms with van der Waals surface area (Å²) in [6.45, 7) is 2.19. The fourth-order valence-electron chi connectivity index (χ4n) is 1.47. The quantitative estimate of drug-likeness (QED) is 0.466. The summed E-state index contributed by atoms with van der Waals surface area (Å²) in [5.41, 5.74) is 2.05. The number of aryl methyl sites for hydroxylation is 1. The van der Waals surface area contributed by atoms with Crippen LogP contribution in [0.25, 0.3) is 0 Å². The molecule has 0 saturated carbocycles. The molecule has 1 rings (SSSR count). The van der Waals surface area contributed by atoms with Crippen molar-refractivity contribution in [1.29, 1.82) is 0 Å². The second-order valence-corrected chi connectivity index (χ2v) is 3.62. The lowest BCUT2D eigenvalue weighted by Gasteiger charge is -2.17. The molecule has 0 fully saturated rings. The number of ether oxygens (including phenoxy) is 1. The number of carbonyl (C=O) groups is 1. The number of hydrogen-bond acceptors (Lipinski definition) is 4. The molecule has 0 aliphatic rings. The summed E-state index contributed by atoms with van der Waals surface area (Å²) in [5, 5.41) is 1.39. The van der Waals surface area contributed by atoms with Gasteiger partial charge in [0.15, 0.2) is 0 Å². The minimum Gasteiger partial charge on any atom is -0.468 e. The van der Waals surface area contributed by atoms with E-state index in [1.165, 1.54) is 17.7 Å². The van der Waals surface area contributed by atoms with Crippen LogP contribution in [0.15, 0.2) is 24.3 Å². The van der Waals surface area contributed by atoms with E-state index >= 15 is 0 Å². The summed E-state index contributed by atoms with van der Waals surface area (Å²) in [7, 11) is 1.35. The maximum Gasteiger partial charge on any atom is 0.326 e. The summed E-state index contributed by atoms with van der Waals surface area (Å²) in [5.74, 6) is 5.42. The largest absolute Gasteiger partial charge is 0.468 e. The van der Waals surface area contributed by atoms with Crippen LogP contribution in [0.4, 0.5) is 5.69 Å². The van der Waals surface area contributed by atoms with Gasteiger partial charge in [0.05, 0.1) is 12.8 Å². The average molecular weight is 222 g/mol. The summed E-state index contributed by atoms with van der Waals surface area (Å²) < 4.78 is 4.56. The van der Waals surface area contributed by atoms with Crippen molar-refractivity contribution >= 4 is 11.7 Å². The molecule has 0 spiro atoms. The van der Waals surface area contributed by atoms with Crippen LogP contribution in [-0.2, 0) is 16.0 Å². The normalized spacial score (nSPS) is 9.94. The first-order valence-corrected chi connectivity index (χ1v) is 5.35. The first kappa shape index (κ1) is 12.5. The monoisotopic (exact) mass is 222 g/mol. The maximum absolute atomic E-state index is 11.1. The molecule has 0 saturated heterocycles. The van der Waals surface area contributed by atoms with Gasteiger partial charge in [-0.05, 0) is 24.1 Å². The van der Waals surface area contributed by atoms with Crippen molar-refractivity contribution in [2.24, 2.45) is 5.84 Å². The summed E-state index contributed by atoms with van der Waals surface area (Å²) >= 11 is 0. The average Bonchev–Trinajstić information content (AvgIpc) is 2.29. The second kappa shape index (κ2) is 6.12. The summed E-state index contributed by atoms with van der Waals surface area (Å²) in [4.78, 5) is 11.1. The van der Waals surface area contributed by atoms with Gasteiger partial charge in [0.25, 0.3) is 0 Å². The van der Waals surface area contributed by atoms with Gasteiger partial charge in [-0.15, -0.1) is 0 Å². The number of carbonyl (C=O) groups excluding carboxylic acids is 1. The van der Waals surface area contributed by atoms with Crippen molar-refractivity contribution in [2.75, 3.05) is 18.7 Å². The van der Waals surface area contributed by atoms with E-state index < -0.39 is 0 Å². The molecule has 0 bridgehead atoms. The van der Waals surface area contributed by atoms with E-state index in [9.17, 15) is 4.79 Å². The van der Waals surface area contributed by atoms with Crippen LogP contribution in [0, 0.1) is 0 Å². The number of esters is 1. The van der Waals surface area contributed by atoms with E-state index in [0.29, 0.717) is 0 Å². The molecular formula is C12H18N2O2. The van der Waals surface area contributed by atoms with E-state index in [2.05, 4.69) is 17.7 Å². The Labute approximate surface area is 96.0 Å².